The van der Waals surface area contributed by atoms with E-state index in [1.807, 2.05) is 38.1 Å². The van der Waals surface area contributed by atoms with E-state index in [1.54, 1.807) is 11.6 Å². The minimum atomic E-state index is -0.879. The molecule has 3 rings (SSSR count). The lowest BCUT2D eigenvalue weighted by Crippen LogP contribution is -2.38. The van der Waals surface area contributed by atoms with E-state index in [2.05, 4.69) is 10.3 Å². The maximum Gasteiger partial charge on any atom is 0.332 e. The van der Waals surface area contributed by atoms with Crippen molar-refractivity contribution in [1.29, 1.82) is 0 Å². The molecule has 2 N–H and O–H groups in total. The van der Waals surface area contributed by atoms with E-state index >= 15 is 0 Å². The van der Waals surface area contributed by atoms with Crippen molar-refractivity contribution < 1.29 is 9.84 Å². The van der Waals surface area contributed by atoms with Crippen molar-refractivity contribution >= 4 is 17.1 Å². The van der Waals surface area contributed by atoms with Crippen LogP contribution in [0.5, 0.6) is 5.75 Å². The first-order chi connectivity index (χ1) is 13.8. The number of aryl methyl sites for hydroxylation is 2. The number of imidazole rings is 1. The van der Waals surface area contributed by atoms with E-state index in [4.69, 9.17) is 4.74 Å². The van der Waals surface area contributed by atoms with Crippen LogP contribution < -0.4 is 21.3 Å². The molecule has 3 aromatic rings. The Morgan fingerprint density at radius 1 is 1.21 bits per heavy atom. The van der Waals surface area contributed by atoms with Gasteiger partial charge in [-0.15, -0.1) is 0 Å². The highest BCUT2D eigenvalue weighted by Gasteiger charge is 2.21. The van der Waals surface area contributed by atoms with Crippen molar-refractivity contribution in [3.63, 3.8) is 0 Å². The zero-order valence-corrected chi connectivity index (χ0v) is 17.2. The van der Waals surface area contributed by atoms with E-state index < -0.39 is 17.4 Å². The third-order valence-corrected chi connectivity index (χ3v) is 4.80. The van der Waals surface area contributed by atoms with Crippen molar-refractivity contribution in [2.45, 2.75) is 32.9 Å². The summed E-state index contributed by atoms with van der Waals surface area (Å²) >= 11 is 0. The Hall–Kier alpha value is -3.07. The summed E-state index contributed by atoms with van der Waals surface area (Å²) in [7, 11) is 3.00. The fourth-order valence-electron chi connectivity index (χ4n) is 3.16. The van der Waals surface area contributed by atoms with Crippen LogP contribution in [0.1, 0.15) is 18.9 Å². The van der Waals surface area contributed by atoms with Crippen molar-refractivity contribution in [1.82, 2.24) is 18.7 Å². The quantitative estimate of drug-likeness (QED) is 0.584. The number of nitrogens with zero attached hydrogens (tertiary/aromatic N) is 4. The summed E-state index contributed by atoms with van der Waals surface area (Å²) in [4.78, 5) is 29.4. The van der Waals surface area contributed by atoms with E-state index in [-0.39, 0.29) is 24.3 Å². The number of aromatic nitrogens is 4. The molecule has 1 aromatic carbocycles. The minimum Gasteiger partial charge on any atom is -0.491 e. The van der Waals surface area contributed by atoms with Crippen molar-refractivity contribution in [3.05, 3.63) is 50.7 Å². The smallest absolute Gasteiger partial charge is 0.332 e. The molecule has 2 aromatic heterocycles. The van der Waals surface area contributed by atoms with Crippen LogP contribution in [0.25, 0.3) is 11.2 Å². The number of ether oxygens (including phenoxy) is 1. The van der Waals surface area contributed by atoms with Gasteiger partial charge in [-0.1, -0.05) is 25.1 Å². The second-order valence-electron chi connectivity index (χ2n) is 7.08. The van der Waals surface area contributed by atoms with Crippen molar-refractivity contribution in [2.24, 2.45) is 14.1 Å². The Morgan fingerprint density at radius 3 is 2.62 bits per heavy atom. The first-order valence-electron chi connectivity index (χ1n) is 9.61. The zero-order chi connectivity index (χ0) is 21.1. The lowest BCUT2D eigenvalue weighted by Gasteiger charge is -2.16. The third-order valence-electron chi connectivity index (χ3n) is 4.80. The zero-order valence-electron chi connectivity index (χ0n) is 17.2. The number of rotatable bonds is 8. The molecule has 0 saturated carbocycles. The maximum atomic E-state index is 12.8. The molecular formula is C20H27N5O4. The molecule has 9 heteroatoms. The summed E-state index contributed by atoms with van der Waals surface area (Å²) in [5.74, 6) is 1.14. The number of aliphatic hydroxyl groups is 1. The predicted octanol–water partition coefficient (Wildman–Crippen LogP) is 1.00. The fourth-order valence-corrected chi connectivity index (χ4v) is 3.16. The van der Waals surface area contributed by atoms with E-state index in [0.717, 1.165) is 16.6 Å². The summed E-state index contributed by atoms with van der Waals surface area (Å²) in [5.41, 5.74) is 0.624. The Bertz CT molecular complexity index is 1130. The number of anilines is 1. The molecule has 2 heterocycles. The summed E-state index contributed by atoms with van der Waals surface area (Å²) in [5, 5.41) is 13.8. The molecule has 0 aliphatic carbocycles. The average molecular weight is 401 g/mol. The SMILES string of the molecule is CCCNc1nc2c(c(=O)n(C)c(=O)n2C)n1CC(O)COc1ccccc1C. The molecule has 0 aliphatic rings. The van der Waals surface area contributed by atoms with Gasteiger partial charge in [0, 0.05) is 20.6 Å². The number of hydrogen-bond acceptors (Lipinski definition) is 6. The number of hydrogen-bond donors (Lipinski definition) is 2. The van der Waals surface area contributed by atoms with Gasteiger partial charge in [0.15, 0.2) is 11.2 Å². The van der Waals surface area contributed by atoms with Crippen LogP contribution in [-0.4, -0.2) is 43.0 Å². The molecule has 156 valence electrons. The van der Waals surface area contributed by atoms with Crippen LogP contribution in [0.2, 0.25) is 0 Å². The van der Waals surface area contributed by atoms with Crippen LogP contribution >= 0.6 is 0 Å². The van der Waals surface area contributed by atoms with Gasteiger partial charge in [-0.2, -0.15) is 4.98 Å². The topological polar surface area (TPSA) is 103 Å². The summed E-state index contributed by atoms with van der Waals surface area (Å²) in [6, 6.07) is 7.56. The van der Waals surface area contributed by atoms with Gasteiger partial charge < -0.3 is 19.7 Å². The van der Waals surface area contributed by atoms with Gasteiger partial charge in [-0.3, -0.25) is 13.9 Å². The Labute approximate surface area is 168 Å². The monoisotopic (exact) mass is 401 g/mol. The van der Waals surface area contributed by atoms with Gasteiger partial charge in [-0.05, 0) is 25.0 Å². The Kier molecular flexibility index (Phi) is 6.07. The normalized spacial score (nSPS) is 12.3. The van der Waals surface area contributed by atoms with Crippen molar-refractivity contribution in [3.8, 4) is 5.75 Å². The first-order valence-corrected chi connectivity index (χ1v) is 9.61. The summed E-state index contributed by atoms with van der Waals surface area (Å²) < 4.78 is 9.73. The second-order valence-corrected chi connectivity index (χ2v) is 7.08. The maximum absolute atomic E-state index is 12.8. The number of fused-ring (bicyclic) bond motifs is 1. The van der Waals surface area contributed by atoms with Crippen LogP contribution in [0.3, 0.4) is 0 Å². The largest absolute Gasteiger partial charge is 0.491 e. The molecule has 9 nitrogen and oxygen atoms in total. The molecule has 0 amide bonds. The molecule has 1 atom stereocenters. The molecule has 29 heavy (non-hydrogen) atoms. The van der Waals surface area contributed by atoms with E-state index in [9.17, 15) is 14.7 Å². The third kappa shape index (κ3) is 4.04. The number of benzene rings is 1. The Morgan fingerprint density at radius 2 is 1.93 bits per heavy atom. The second kappa shape index (κ2) is 8.52. The fraction of sp³-hybridized carbons (Fsp3) is 0.450. The lowest BCUT2D eigenvalue weighted by molar-refractivity contribution is 0.0935. The molecule has 0 spiro atoms. The number of aliphatic hydroxyl groups excluding tert-OH is 1. The molecule has 1 unspecified atom stereocenters. The van der Waals surface area contributed by atoms with Crippen LogP contribution in [0.4, 0.5) is 5.95 Å². The molecule has 0 fully saturated rings. The number of para-hydroxylation sites is 1. The Balaban J connectivity index is 1.95. The number of nitrogens with one attached hydrogen (secondary N) is 1. The van der Waals surface area contributed by atoms with E-state index in [1.165, 1.54) is 11.6 Å². The van der Waals surface area contributed by atoms with Gasteiger partial charge in [-0.25, -0.2) is 4.79 Å². The molecule has 0 saturated heterocycles. The standard InChI is InChI=1S/C20H27N5O4/c1-5-10-21-19-22-17-16(18(27)24(4)20(28)23(17)3)25(19)11-14(26)12-29-15-9-7-6-8-13(15)2/h6-9,14,26H,5,10-12H2,1-4H3,(H,21,22). The average Bonchev–Trinajstić information content (AvgIpc) is 3.06. The molecule has 0 radical (unpaired) electrons. The first kappa shape index (κ1) is 20.7. The molecule has 0 aliphatic heterocycles. The van der Waals surface area contributed by atoms with E-state index in [0.29, 0.717) is 18.2 Å². The summed E-state index contributed by atoms with van der Waals surface area (Å²) in [6.45, 7) is 4.75. The van der Waals surface area contributed by atoms with Crippen LogP contribution in [0, 0.1) is 6.92 Å². The highest BCUT2D eigenvalue weighted by atomic mass is 16.5. The van der Waals surface area contributed by atoms with Crippen LogP contribution in [-0.2, 0) is 20.6 Å². The summed E-state index contributed by atoms with van der Waals surface area (Å²) in [6.07, 6.45) is -0.0184. The lowest BCUT2D eigenvalue weighted by atomic mass is 10.2. The van der Waals surface area contributed by atoms with Gasteiger partial charge in [0.25, 0.3) is 5.56 Å². The van der Waals surface area contributed by atoms with Gasteiger partial charge in [0.2, 0.25) is 5.95 Å². The minimum absolute atomic E-state index is 0.0593. The molecular weight excluding hydrogens is 374 g/mol. The van der Waals surface area contributed by atoms with Crippen LogP contribution in [0.15, 0.2) is 33.9 Å². The molecule has 0 bridgehead atoms. The predicted molar refractivity (Wildman–Crippen MR) is 112 cm³/mol. The van der Waals surface area contributed by atoms with Gasteiger partial charge in [0.1, 0.15) is 18.5 Å². The van der Waals surface area contributed by atoms with Gasteiger partial charge >= 0.3 is 5.69 Å². The highest BCUT2D eigenvalue weighted by Crippen LogP contribution is 2.19. The highest BCUT2D eigenvalue weighted by molar-refractivity contribution is 5.74. The van der Waals surface area contributed by atoms with Crippen molar-refractivity contribution in [2.75, 3.05) is 18.5 Å². The van der Waals surface area contributed by atoms with Gasteiger partial charge in [0.05, 0.1) is 6.54 Å².